The van der Waals surface area contributed by atoms with E-state index in [1.165, 1.54) is 10.4 Å². The van der Waals surface area contributed by atoms with E-state index in [2.05, 4.69) is 42.6 Å². The second-order valence-electron chi connectivity index (χ2n) is 9.58. The zero-order valence-corrected chi connectivity index (χ0v) is 22.2. The second kappa shape index (κ2) is 11.1. The molecule has 4 nitrogen and oxygen atoms in total. The monoisotopic (exact) mass is 508 g/mol. The van der Waals surface area contributed by atoms with Crippen molar-refractivity contribution in [2.75, 3.05) is 13.1 Å². The normalized spacial score (nSPS) is 15.6. The maximum absolute atomic E-state index is 13.9. The van der Waals surface area contributed by atoms with Gasteiger partial charge in [0, 0.05) is 23.0 Å². The Morgan fingerprint density at radius 3 is 2.24 bits per heavy atom. The summed E-state index contributed by atoms with van der Waals surface area (Å²) in [6.45, 7) is 4.79. The van der Waals surface area contributed by atoms with E-state index < -0.39 is 0 Å². The highest BCUT2D eigenvalue weighted by Gasteiger charge is 2.34. The predicted octanol–water partition coefficient (Wildman–Crippen LogP) is 6.83. The molecule has 0 bridgehead atoms. The van der Waals surface area contributed by atoms with Gasteiger partial charge in [-0.2, -0.15) is 0 Å². The van der Waals surface area contributed by atoms with Crippen LogP contribution >= 0.6 is 11.3 Å². The summed E-state index contributed by atoms with van der Waals surface area (Å²) in [6, 6.07) is 30.0. The third-order valence-corrected chi connectivity index (χ3v) is 8.33. The lowest BCUT2D eigenvalue weighted by Gasteiger charge is -2.38. The number of carbonyl (C=O) groups excluding carboxylic acids is 2. The summed E-state index contributed by atoms with van der Waals surface area (Å²) in [4.78, 5) is 32.6. The van der Waals surface area contributed by atoms with Crippen LogP contribution in [0.5, 0.6) is 0 Å². The molecular formula is C32H32N2O2S. The van der Waals surface area contributed by atoms with Crippen LogP contribution in [0.3, 0.4) is 0 Å². The fourth-order valence-corrected chi connectivity index (χ4v) is 5.97. The molecule has 1 aromatic heterocycles. The lowest BCUT2D eigenvalue weighted by molar-refractivity contribution is -0.134. The summed E-state index contributed by atoms with van der Waals surface area (Å²) >= 11 is 1.76. The molecule has 0 fully saturated rings. The van der Waals surface area contributed by atoms with Gasteiger partial charge in [0.25, 0.3) is 5.91 Å². The molecule has 5 rings (SSSR count). The molecule has 0 saturated heterocycles. The first kappa shape index (κ1) is 25.0. The Kier molecular flexibility index (Phi) is 7.52. The van der Waals surface area contributed by atoms with Crippen LogP contribution in [0.15, 0.2) is 96.4 Å². The maximum Gasteiger partial charge on any atom is 0.254 e. The van der Waals surface area contributed by atoms with E-state index in [0.717, 1.165) is 29.5 Å². The second-order valence-corrected chi connectivity index (χ2v) is 10.6. The van der Waals surface area contributed by atoms with Gasteiger partial charge in [-0.1, -0.05) is 79.7 Å². The van der Waals surface area contributed by atoms with Crippen molar-refractivity contribution in [2.45, 2.75) is 38.8 Å². The van der Waals surface area contributed by atoms with Gasteiger partial charge in [0.15, 0.2) is 0 Å². The Morgan fingerprint density at radius 1 is 0.919 bits per heavy atom. The third-order valence-electron chi connectivity index (χ3n) is 7.33. The molecule has 0 spiro atoms. The van der Waals surface area contributed by atoms with Crippen LogP contribution in [0.4, 0.5) is 0 Å². The molecule has 0 aliphatic carbocycles. The Bertz CT molecular complexity index is 1350. The van der Waals surface area contributed by atoms with Crippen LogP contribution in [-0.4, -0.2) is 40.7 Å². The Balaban J connectivity index is 1.39. The van der Waals surface area contributed by atoms with Gasteiger partial charge >= 0.3 is 0 Å². The first-order chi connectivity index (χ1) is 18.1. The summed E-state index contributed by atoms with van der Waals surface area (Å²) in [5, 5.41) is 2.11. The SMILES string of the molecule is CCC(C)N(CC(=O)N1CCc2sccc2C1c1ccccc1)C(=O)c1ccc(-c2ccccc2)cc1. The minimum absolute atomic E-state index is 0.0136. The minimum atomic E-state index is -0.122. The van der Waals surface area contributed by atoms with Crippen molar-refractivity contribution in [2.24, 2.45) is 0 Å². The van der Waals surface area contributed by atoms with Crippen molar-refractivity contribution in [3.63, 3.8) is 0 Å². The van der Waals surface area contributed by atoms with Gasteiger partial charge in [0.2, 0.25) is 5.91 Å². The number of thiophene rings is 1. The molecule has 37 heavy (non-hydrogen) atoms. The van der Waals surface area contributed by atoms with Crippen LogP contribution in [-0.2, 0) is 11.2 Å². The van der Waals surface area contributed by atoms with Gasteiger partial charge in [-0.25, -0.2) is 0 Å². The molecule has 3 aromatic carbocycles. The van der Waals surface area contributed by atoms with Crippen LogP contribution in [0.25, 0.3) is 11.1 Å². The fourth-order valence-electron chi connectivity index (χ4n) is 5.07. The third kappa shape index (κ3) is 5.23. The molecule has 2 amide bonds. The van der Waals surface area contributed by atoms with Gasteiger partial charge < -0.3 is 9.80 Å². The molecule has 2 atom stereocenters. The molecule has 4 aromatic rings. The fraction of sp³-hybridized carbons (Fsp3) is 0.250. The number of carbonyl (C=O) groups is 2. The van der Waals surface area contributed by atoms with E-state index in [0.29, 0.717) is 12.1 Å². The first-order valence-corrected chi connectivity index (χ1v) is 13.8. The van der Waals surface area contributed by atoms with E-state index in [1.54, 1.807) is 16.2 Å². The van der Waals surface area contributed by atoms with Gasteiger partial charge in [0.05, 0.1) is 6.04 Å². The summed E-state index contributed by atoms with van der Waals surface area (Å²) in [6.07, 6.45) is 1.62. The number of benzene rings is 3. The van der Waals surface area contributed by atoms with Gasteiger partial charge in [-0.05, 0) is 65.6 Å². The predicted molar refractivity (Wildman–Crippen MR) is 151 cm³/mol. The summed E-state index contributed by atoms with van der Waals surface area (Å²) < 4.78 is 0. The molecular weight excluding hydrogens is 476 g/mol. The molecule has 188 valence electrons. The average Bonchev–Trinajstić information content (AvgIpc) is 3.44. The number of nitrogens with zero attached hydrogens (tertiary/aromatic N) is 2. The van der Waals surface area contributed by atoms with Crippen molar-refractivity contribution in [3.8, 4) is 11.1 Å². The molecule has 0 N–H and O–H groups in total. The van der Waals surface area contributed by atoms with Crippen molar-refractivity contribution in [1.29, 1.82) is 0 Å². The van der Waals surface area contributed by atoms with Crippen LogP contribution in [0, 0.1) is 0 Å². The van der Waals surface area contributed by atoms with Crippen LogP contribution < -0.4 is 0 Å². The maximum atomic E-state index is 13.9. The first-order valence-electron chi connectivity index (χ1n) is 12.9. The summed E-state index contributed by atoms with van der Waals surface area (Å²) in [7, 11) is 0. The molecule has 1 aliphatic rings. The van der Waals surface area contributed by atoms with Crippen LogP contribution in [0.1, 0.15) is 52.7 Å². The van der Waals surface area contributed by atoms with E-state index in [-0.39, 0.29) is 30.4 Å². The molecule has 0 saturated carbocycles. The Labute approximate surface area is 223 Å². The average molecular weight is 509 g/mol. The molecule has 1 aliphatic heterocycles. The van der Waals surface area contributed by atoms with Crippen molar-refractivity contribution >= 4 is 23.2 Å². The number of amides is 2. The van der Waals surface area contributed by atoms with E-state index in [4.69, 9.17) is 0 Å². The zero-order valence-electron chi connectivity index (χ0n) is 21.3. The highest BCUT2D eigenvalue weighted by atomic mass is 32.1. The molecule has 5 heteroatoms. The number of fused-ring (bicyclic) bond motifs is 1. The largest absolute Gasteiger partial charge is 0.330 e. The molecule has 2 heterocycles. The quantitative estimate of drug-likeness (QED) is 0.275. The summed E-state index contributed by atoms with van der Waals surface area (Å²) in [5.74, 6) is -0.118. The smallest absolute Gasteiger partial charge is 0.254 e. The lowest BCUT2D eigenvalue weighted by Crippen LogP contribution is -2.49. The highest BCUT2D eigenvalue weighted by Crippen LogP contribution is 2.38. The number of hydrogen-bond acceptors (Lipinski definition) is 3. The van der Waals surface area contributed by atoms with Crippen LogP contribution in [0.2, 0.25) is 0 Å². The van der Waals surface area contributed by atoms with E-state index in [9.17, 15) is 9.59 Å². The topological polar surface area (TPSA) is 40.6 Å². The van der Waals surface area contributed by atoms with E-state index in [1.807, 2.05) is 72.5 Å². The standard InChI is InChI=1S/C32H32N2O2S/c1-3-23(2)34(32(36)27-16-14-25(15-17-27)24-10-6-4-7-11-24)22-30(35)33-20-18-29-28(19-21-37-29)31(33)26-12-8-5-9-13-26/h4-17,19,21,23,31H,3,18,20,22H2,1-2H3. The van der Waals surface area contributed by atoms with Gasteiger partial charge in [-0.3, -0.25) is 9.59 Å². The number of rotatable bonds is 7. The highest BCUT2D eigenvalue weighted by molar-refractivity contribution is 7.10. The van der Waals surface area contributed by atoms with Gasteiger partial charge in [-0.15, -0.1) is 11.3 Å². The summed E-state index contributed by atoms with van der Waals surface area (Å²) in [5.41, 5.74) is 5.09. The zero-order chi connectivity index (χ0) is 25.8. The van der Waals surface area contributed by atoms with Crippen molar-refractivity contribution in [3.05, 3.63) is 118 Å². The number of hydrogen-bond donors (Lipinski definition) is 0. The Morgan fingerprint density at radius 2 is 1.57 bits per heavy atom. The minimum Gasteiger partial charge on any atom is -0.330 e. The van der Waals surface area contributed by atoms with Gasteiger partial charge in [0.1, 0.15) is 6.54 Å². The molecule has 2 unspecified atom stereocenters. The molecule has 0 radical (unpaired) electrons. The Hall–Kier alpha value is -3.70. The van der Waals surface area contributed by atoms with Crippen molar-refractivity contribution in [1.82, 2.24) is 9.80 Å². The van der Waals surface area contributed by atoms with E-state index >= 15 is 0 Å². The van der Waals surface area contributed by atoms with Crippen molar-refractivity contribution < 1.29 is 9.59 Å². The lowest BCUT2D eigenvalue weighted by atomic mass is 9.93.